The summed E-state index contributed by atoms with van der Waals surface area (Å²) in [4.78, 5) is 28.2. The first-order valence-corrected chi connectivity index (χ1v) is 36.2. The molecule has 0 spiro atoms. The maximum atomic E-state index is 14.1. The van der Waals surface area contributed by atoms with E-state index in [1.807, 2.05) is 12.1 Å². The van der Waals surface area contributed by atoms with Crippen molar-refractivity contribution in [1.29, 1.82) is 0 Å². The van der Waals surface area contributed by atoms with Gasteiger partial charge in [-0.1, -0.05) is 188 Å². The van der Waals surface area contributed by atoms with Gasteiger partial charge in [0, 0.05) is 88.1 Å². The van der Waals surface area contributed by atoms with Gasteiger partial charge in [0.05, 0.1) is 55.3 Å². The minimum absolute atomic E-state index is 0.123. The van der Waals surface area contributed by atoms with E-state index in [9.17, 15) is 9.59 Å². The lowest BCUT2D eigenvalue weighted by molar-refractivity contribution is 0.0734. The SMILES string of the molecule is O=C(Oc1cccc(-c2nnc(-c3cc(-c4cccc(-n5c6ccccc6c6ccccc65)c4)cc(-c4cccc(-n5c6ccccc6c6ccccc65)c4)c3)o2)c1)c1cccc(C(=O)Oc2cccc(-c3nnc(-c4cc(-n5c6ccccc6c6ccccc65)cc(-n5c6ccccc6c6ccccc65)c4)o3)c2)c1. The van der Waals surface area contributed by atoms with Crippen LogP contribution in [-0.2, 0) is 0 Å². The maximum Gasteiger partial charge on any atom is 0.343 e. The predicted octanol–water partition coefficient (Wildman–Crippen LogP) is 23.3. The molecule has 15 aromatic carbocycles. The van der Waals surface area contributed by atoms with Crippen molar-refractivity contribution in [2.45, 2.75) is 0 Å². The highest BCUT2D eigenvalue weighted by molar-refractivity contribution is 6.13. The molecule has 0 saturated carbocycles. The van der Waals surface area contributed by atoms with Crippen molar-refractivity contribution >= 4 is 99.2 Å². The van der Waals surface area contributed by atoms with Gasteiger partial charge in [0.2, 0.25) is 23.6 Å². The van der Waals surface area contributed by atoms with Crippen molar-refractivity contribution in [2.75, 3.05) is 0 Å². The van der Waals surface area contributed by atoms with Crippen molar-refractivity contribution < 1.29 is 27.9 Å². The van der Waals surface area contributed by atoms with Gasteiger partial charge >= 0.3 is 11.9 Å². The molecule has 0 atom stereocenters. The monoisotopic (exact) mass is 1420 g/mol. The Morgan fingerprint density at radius 3 is 0.827 bits per heavy atom. The Labute approximate surface area is 627 Å². The molecular formula is C96H58N8O6. The summed E-state index contributed by atoms with van der Waals surface area (Å²) >= 11 is 0. The molecule has 14 nitrogen and oxygen atoms in total. The molecule has 21 rings (SSSR count). The minimum atomic E-state index is -0.700. The summed E-state index contributed by atoms with van der Waals surface area (Å²) < 4.78 is 34.4. The number of esters is 2. The molecule has 6 heterocycles. The number of hydrogen-bond acceptors (Lipinski definition) is 10. The fraction of sp³-hybridized carbons (Fsp3) is 0. The summed E-state index contributed by atoms with van der Waals surface area (Å²) in [5, 5.41) is 27.7. The number of carbonyl (C=O) groups excluding carboxylic acids is 2. The second-order valence-corrected chi connectivity index (χ2v) is 27.4. The van der Waals surface area contributed by atoms with E-state index in [-0.39, 0.29) is 34.4 Å². The smallest absolute Gasteiger partial charge is 0.343 e. The van der Waals surface area contributed by atoms with Gasteiger partial charge in [0.15, 0.2) is 0 Å². The standard InChI is InChI=1S/C96H58N8O6/c105-95(63-26-17-27-64(48-63)96(106)108-74-31-21-25-62(57-74)92-98-100-94(110-92)68-54-71(103-87-44-13-5-36-79(87)80-37-6-14-45-88(80)103)58-72(55-68)104-89-46-15-7-38-81(89)82-39-8-16-47-90(82)104)107-73-30-20-24-61(56-73)91-97-99-93(109-91)67-50-65(59-22-18-28-69(52-59)101-83-40-9-1-32-75(83)76-33-2-10-41-84(76)101)49-66(51-67)60-23-19-29-70(53-60)102-85-42-11-3-34-77(85)78-35-4-12-43-86(78)102/h1-58H. The largest absolute Gasteiger partial charge is 0.423 e. The van der Waals surface area contributed by atoms with E-state index in [1.165, 1.54) is 27.6 Å². The van der Waals surface area contributed by atoms with Crippen LogP contribution in [0.2, 0.25) is 0 Å². The number of aromatic nitrogens is 8. The molecule has 0 saturated heterocycles. The van der Waals surface area contributed by atoms with E-state index in [4.69, 9.17) is 18.3 Å². The highest BCUT2D eigenvalue weighted by Gasteiger charge is 2.24. The maximum absolute atomic E-state index is 14.1. The summed E-state index contributed by atoms with van der Waals surface area (Å²) in [6.07, 6.45) is 0. The lowest BCUT2D eigenvalue weighted by Crippen LogP contribution is -2.12. The van der Waals surface area contributed by atoms with Crippen LogP contribution in [0.5, 0.6) is 11.5 Å². The first-order chi connectivity index (χ1) is 54.3. The lowest BCUT2D eigenvalue weighted by atomic mass is 9.95. The zero-order chi connectivity index (χ0) is 72.9. The average molecular weight is 1420 g/mol. The van der Waals surface area contributed by atoms with E-state index in [1.54, 1.807) is 54.6 Å². The molecule has 0 aliphatic carbocycles. The van der Waals surface area contributed by atoms with Gasteiger partial charge < -0.3 is 36.6 Å². The van der Waals surface area contributed by atoms with E-state index < -0.39 is 11.9 Å². The van der Waals surface area contributed by atoms with Crippen LogP contribution in [0.15, 0.2) is 361 Å². The van der Waals surface area contributed by atoms with Crippen molar-refractivity contribution in [1.82, 2.24) is 38.7 Å². The number of fused-ring (bicyclic) bond motifs is 12. The molecule has 21 aromatic rings. The number of hydrogen-bond donors (Lipinski definition) is 0. The Morgan fingerprint density at radius 1 is 0.218 bits per heavy atom. The average Bonchev–Trinajstić information content (AvgIpc) is 1.56. The summed E-state index contributed by atoms with van der Waals surface area (Å²) in [7, 11) is 0. The van der Waals surface area contributed by atoms with Crippen molar-refractivity contribution in [2.24, 2.45) is 0 Å². The van der Waals surface area contributed by atoms with E-state index in [2.05, 4.69) is 318 Å². The minimum Gasteiger partial charge on any atom is -0.423 e. The van der Waals surface area contributed by atoms with Gasteiger partial charge in [-0.3, -0.25) is 0 Å². The van der Waals surface area contributed by atoms with Gasteiger partial charge in [-0.15, -0.1) is 20.4 Å². The molecule has 0 aliphatic rings. The van der Waals surface area contributed by atoms with Crippen LogP contribution in [0.25, 0.3) is 178 Å². The van der Waals surface area contributed by atoms with Gasteiger partial charge in [-0.05, 0) is 186 Å². The fourth-order valence-electron chi connectivity index (χ4n) is 15.9. The van der Waals surface area contributed by atoms with Gasteiger partial charge in [-0.25, -0.2) is 9.59 Å². The molecule has 14 heteroatoms. The Hall–Kier alpha value is -15.3. The Morgan fingerprint density at radius 2 is 0.482 bits per heavy atom. The summed E-state index contributed by atoms with van der Waals surface area (Å²) in [6, 6.07) is 118. The van der Waals surface area contributed by atoms with Crippen LogP contribution in [0.3, 0.4) is 0 Å². The molecular weight excluding hydrogens is 1360 g/mol. The molecule has 518 valence electrons. The van der Waals surface area contributed by atoms with Gasteiger partial charge in [-0.2, -0.15) is 0 Å². The molecule has 110 heavy (non-hydrogen) atoms. The number of carbonyl (C=O) groups is 2. The molecule has 0 N–H and O–H groups in total. The van der Waals surface area contributed by atoms with E-state index in [0.29, 0.717) is 34.0 Å². The zero-order valence-electron chi connectivity index (χ0n) is 58.5. The third kappa shape index (κ3) is 10.8. The van der Waals surface area contributed by atoms with Crippen molar-refractivity contribution in [3.05, 3.63) is 363 Å². The second kappa shape index (κ2) is 25.8. The topological polar surface area (TPSA) is 150 Å². The van der Waals surface area contributed by atoms with Crippen molar-refractivity contribution in [3.63, 3.8) is 0 Å². The number of rotatable bonds is 14. The molecule has 0 unspecified atom stereocenters. The fourth-order valence-corrected chi connectivity index (χ4v) is 15.9. The lowest BCUT2D eigenvalue weighted by Gasteiger charge is -2.14. The number of ether oxygens (including phenoxy) is 2. The Bertz CT molecular complexity index is 6810. The molecule has 0 radical (unpaired) electrons. The third-order valence-electron chi connectivity index (χ3n) is 20.8. The van der Waals surface area contributed by atoms with Crippen LogP contribution < -0.4 is 9.47 Å². The van der Waals surface area contributed by atoms with E-state index in [0.717, 1.165) is 111 Å². The quantitative estimate of drug-likeness (QED) is 0.0760. The van der Waals surface area contributed by atoms with Crippen LogP contribution >= 0.6 is 0 Å². The number of para-hydroxylation sites is 8. The summed E-state index contributed by atoms with van der Waals surface area (Å²) in [5.74, 6) is 0.0602. The highest BCUT2D eigenvalue weighted by atomic mass is 16.5. The number of benzene rings is 15. The predicted molar refractivity (Wildman–Crippen MR) is 435 cm³/mol. The molecule has 0 amide bonds. The molecule has 0 bridgehead atoms. The molecule has 0 aliphatic heterocycles. The summed E-state index contributed by atoms with van der Waals surface area (Å²) in [6.45, 7) is 0. The van der Waals surface area contributed by atoms with E-state index >= 15 is 0 Å². The molecule has 0 fully saturated rings. The highest BCUT2D eigenvalue weighted by Crippen LogP contribution is 2.42. The van der Waals surface area contributed by atoms with Crippen LogP contribution in [0, 0.1) is 0 Å². The third-order valence-corrected chi connectivity index (χ3v) is 20.8. The normalized spacial score (nSPS) is 11.7. The molecule has 6 aromatic heterocycles. The second-order valence-electron chi connectivity index (χ2n) is 27.4. The van der Waals surface area contributed by atoms with Crippen LogP contribution in [0.1, 0.15) is 20.7 Å². The Balaban J connectivity index is 0.556. The first kappa shape index (κ1) is 63.2. The van der Waals surface area contributed by atoms with Crippen molar-refractivity contribution in [3.8, 4) is 102 Å². The summed E-state index contributed by atoms with van der Waals surface area (Å²) in [5.41, 5.74) is 19.1. The van der Waals surface area contributed by atoms with Gasteiger partial charge in [0.25, 0.3) is 0 Å². The Kier molecular flexibility index (Phi) is 14.8. The van der Waals surface area contributed by atoms with Crippen LogP contribution in [-0.4, -0.2) is 50.6 Å². The van der Waals surface area contributed by atoms with Crippen LogP contribution in [0.4, 0.5) is 0 Å². The van der Waals surface area contributed by atoms with Gasteiger partial charge in [0.1, 0.15) is 11.5 Å². The number of nitrogens with zero attached hydrogens (tertiary/aromatic N) is 8. The first-order valence-electron chi connectivity index (χ1n) is 36.2. The zero-order valence-corrected chi connectivity index (χ0v) is 58.5.